The van der Waals surface area contributed by atoms with Gasteiger partial charge in [0.05, 0.1) is 28.2 Å². The molecule has 3 rings (SSSR count). The summed E-state index contributed by atoms with van der Waals surface area (Å²) in [5.74, 6) is 0.265. The number of nitrogens with zero attached hydrogens (tertiary/aromatic N) is 3. The van der Waals surface area contributed by atoms with Crippen molar-refractivity contribution in [2.45, 2.75) is 30.1 Å². The first kappa shape index (κ1) is 19.9. The summed E-state index contributed by atoms with van der Waals surface area (Å²) < 4.78 is 25.1. The Kier molecular flexibility index (Phi) is 5.89. The summed E-state index contributed by atoms with van der Waals surface area (Å²) >= 11 is 2.96. The SMILES string of the molecule is CCn1c(SCC(=O)N(C)Cc2cccs2)nc2cc(S(N)(=O)=O)ccc21. The summed E-state index contributed by atoms with van der Waals surface area (Å²) in [5.41, 5.74) is 1.36. The number of carbonyl (C=O) groups is 1. The van der Waals surface area contributed by atoms with Gasteiger partial charge >= 0.3 is 0 Å². The van der Waals surface area contributed by atoms with Gasteiger partial charge < -0.3 is 9.47 Å². The van der Waals surface area contributed by atoms with Crippen molar-refractivity contribution >= 4 is 50.1 Å². The van der Waals surface area contributed by atoms with Crippen LogP contribution in [0.15, 0.2) is 45.8 Å². The minimum atomic E-state index is -3.78. The lowest BCUT2D eigenvalue weighted by molar-refractivity contribution is -0.127. The van der Waals surface area contributed by atoms with Crippen LogP contribution in [0.2, 0.25) is 0 Å². The first-order chi connectivity index (χ1) is 12.8. The van der Waals surface area contributed by atoms with Gasteiger partial charge in [-0.05, 0) is 36.6 Å². The number of amides is 1. The summed E-state index contributed by atoms with van der Waals surface area (Å²) in [6.45, 7) is 3.22. The lowest BCUT2D eigenvalue weighted by atomic mass is 10.3. The van der Waals surface area contributed by atoms with Gasteiger partial charge in [0.2, 0.25) is 15.9 Å². The fraction of sp³-hybridized carbons (Fsp3) is 0.294. The zero-order valence-corrected chi connectivity index (χ0v) is 17.4. The highest BCUT2D eigenvalue weighted by Gasteiger charge is 2.17. The Morgan fingerprint density at radius 3 is 2.78 bits per heavy atom. The number of hydrogen-bond donors (Lipinski definition) is 1. The molecule has 2 heterocycles. The Hall–Kier alpha value is -1.88. The number of rotatable bonds is 7. The average Bonchev–Trinajstić information content (AvgIpc) is 3.24. The highest BCUT2D eigenvalue weighted by Crippen LogP contribution is 2.26. The van der Waals surface area contributed by atoms with E-state index in [1.54, 1.807) is 29.4 Å². The highest BCUT2D eigenvalue weighted by atomic mass is 32.2. The molecule has 0 radical (unpaired) electrons. The predicted molar refractivity (Wildman–Crippen MR) is 108 cm³/mol. The van der Waals surface area contributed by atoms with E-state index in [1.807, 2.05) is 29.0 Å². The number of benzene rings is 1. The lowest BCUT2D eigenvalue weighted by Gasteiger charge is -2.16. The van der Waals surface area contributed by atoms with Gasteiger partial charge in [0.25, 0.3) is 0 Å². The number of aryl methyl sites for hydroxylation is 1. The minimum absolute atomic E-state index is 0.00772. The molecule has 0 aliphatic carbocycles. The number of hydrogen-bond acceptors (Lipinski definition) is 6. The van der Waals surface area contributed by atoms with E-state index in [4.69, 9.17) is 5.14 Å². The molecule has 0 aliphatic heterocycles. The molecule has 0 spiro atoms. The van der Waals surface area contributed by atoms with E-state index in [1.165, 1.54) is 23.9 Å². The third kappa shape index (κ3) is 4.52. The molecule has 7 nitrogen and oxygen atoms in total. The van der Waals surface area contributed by atoms with Crippen LogP contribution < -0.4 is 5.14 Å². The fourth-order valence-corrected chi connectivity index (χ4v) is 4.95. The van der Waals surface area contributed by atoms with Crippen LogP contribution in [0.1, 0.15) is 11.8 Å². The number of thiophene rings is 1. The predicted octanol–water partition coefficient (Wildman–Crippen LogP) is 2.52. The second-order valence-corrected chi connectivity index (χ2v) is 9.49. The molecule has 1 aromatic carbocycles. The van der Waals surface area contributed by atoms with Crippen LogP contribution in [-0.2, 0) is 27.9 Å². The van der Waals surface area contributed by atoms with E-state index < -0.39 is 10.0 Å². The molecule has 0 saturated carbocycles. The number of carbonyl (C=O) groups excluding carboxylic acids is 1. The van der Waals surface area contributed by atoms with Crippen molar-refractivity contribution in [1.29, 1.82) is 0 Å². The highest BCUT2D eigenvalue weighted by molar-refractivity contribution is 7.99. The van der Waals surface area contributed by atoms with Crippen LogP contribution in [0.5, 0.6) is 0 Å². The Bertz CT molecular complexity index is 1060. The molecule has 3 aromatic rings. The normalized spacial score (nSPS) is 11.8. The molecule has 0 bridgehead atoms. The summed E-state index contributed by atoms with van der Waals surface area (Å²) in [6.07, 6.45) is 0. The summed E-state index contributed by atoms with van der Waals surface area (Å²) in [5, 5.41) is 7.86. The van der Waals surface area contributed by atoms with Crippen LogP contribution in [0.3, 0.4) is 0 Å². The number of thioether (sulfide) groups is 1. The van der Waals surface area contributed by atoms with Crippen molar-refractivity contribution in [3.8, 4) is 0 Å². The lowest BCUT2D eigenvalue weighted by Crippen LogP contribution is -2.27. The van der Waals surface area contributed by atoms with Crippen LogP contribution in [0, 0.1) is 0 Å². The van der Waals surface area contributed by atoms with E-state index in [0.717, 1.165) is 10.4 Å². The molecular weight excluding hydrogens is 404 g/mol. The van der Waals surface area contributed by atoms with E-state index in [-0.39, 0.29) is 16.6 Å². The number of fused-ring (bicyclic) bond motifs is 1. The molecule has 0 saturated heterocycles. The van der Waals surface area contributed by atoms with Gasteiger partial charge in [0.1, 0.15) is 0 Å². The van der Waals surface area contributed by atoms with Gasteiger partial charge in [-0.2, -0.15) is 0 Å². The van der Waals surface area contributed by atoms with Gasteiger partial charge in [-0.25, -0.2) is 18.5 Å². The third-order valence-electron chi connectivity index (χ3n) is 4.05. The fourth-order valence-electron chi connectivity index (χ4n) is 2.64. The van der Waals surface area contributed by atoms with Gasteiger partial charge in [-0.3, -0.25) is 4.79 Å². The number of aromatic nitrogens is 2. The Labute approximate surface area is 166 Å². The third-order valence-corrected chi connectivity index (χ3v) is 6.79. The average molecular weight is 425 g/mol. The smallest absolute Gasteiger partial charge is 0.238 e. The molecule has 2 N–H and O–H groups in total. The molecular formula is C17H20N4O3S3. The van der Waals surface area contributed by atoms with E-state index in [9.17, 15) is 13.2 Å². The molecule has 1 amide bonds. The second-order valence-electron chi connectivity index (χ2n) is 5.95. The number of imidazole rings is 1. The standard InChI is InChI=1S/C17H20N4O3S3/c1-3-21-15-7-6-13(27(18,23)24)9-14(15)19-17(21)26-11-16(22)20(2)10-12-5-4-8-25-12/h4-9H,3,10-11H2,1-2H3,(H2,18,23,24). The molecule has 144 valence electrons. The van der Waals surface area contributed by atoms with Gasteiger partial charge in [-0.15, -0.1) is 11.3 Å². The first-order valence-corrected chi connectivity index (χ1v) is 11.6. The van der Waals surface area contributed by atoms with Gasteiger partial charge in [0.15, 0.2) is 5.16 Å². The topological polar surface area (TPSA) is 98.3 Å². The number of sulfonamides is 1. The molecule has 27 heavy (non-hydrogen) atoms. The molecule has 0 aliphatic rings. The van der Waals surface area contributed by atoms with Crippen molar-refractivity contribution in [1.82, 2.24) is 14.5 Å². The van der Waals surface area contributed by atoms with Gasteiger partial charge in [0, 0.05) is 18.5 Å². The Morgan fingerprint density at radius 2 is 2.15 bits per heavy atom. The number of primary sulfonamides is 1. The monoisotopic (exact) mass is 424 g/mol. The van der Waals surface area contributed by atoms with Crippen molar-refractivity contribution in [2.75, 3.05) is 12.8 Å². The maximum Gasteiger partial charge on any atom is 0.238 e. The first-order valence-electron chi connectivity index (χ1n) is 8.22. The summed E-state index contributed by atoms with van der Waals surface area (Å²) in [6, 6.07) is 8.60. The quantitative estimate of drug-likeness (QED) is 0.588. The maximum absolute atomic E-state index is 12.4. The molecule has 0 unspecified atom stereocenters. The van der Waals surface area contributed by atoms with Gasteiger partial charge in [-0.1, -0.05) is 17.8 Å². The van der Waals surface area contributed by atoms with Crippen molar-refractivity contribution in [3.63, 3.8) is 0 Å². The van der Waals surface area contributed by atoms with Crippen LogP contribution in [0.25, 0.3) is 11.0 Å². The van der Waals surface area contributed by atoms with Crippen molar-refractivity contribution in [3.05, 3.63) is 40.6 Å². The Balaban J connectivity index is 1.76. The molecule has 10 heteroatoms. The largest absolute Gasteiger partial charge is 0.340 e. The summed E-state index contributed by atoms with van der Waals surface area (Å²) in [4.78, 5) is 19.8. The van der Waals surface area contributed by atoms with Crippen LogP contribution in [0.4, 0.5) is 0 Å². The minimum Gasteiger partial charge on any atom is -0.340 e. The van der Waals surface area contributed by atoms with E-state index >= 15 is 0 Å². The van der Waals surface area contributed by atoms with E-state index in [0.29, 0.717) is 23.8 Å². The maximum atomic E-state index is 12.4. The molecule has 0 fully saturated rings. The van der Waals surface area contributed by atoms with Crippen LogP contribution in [-0.4, -0.2) is 41.6 Å². The molecule has 2 aromatic heterocycles. The number of nitrogens with two attached hydrogens (primary N) is 1. The van der Waals surface area contributed by atoms with Crippen molar-refractivity contribution < 1.29 is 13.2 Å². The summed E-state index contributed by atoms with van der Waals surface area (Å²) in [7, 11) is -2.00. The zero-order valence-electron chi connectivity index (χ0n) is 15.0. The van der Waals surface area contributed by atoms with Crippen molar-refractivity contribution in [2.24, 2.45) is 5.14 Å². The molecule has 0 atom stereocenters. The Morgan fingerprint density at radius 1 is 1.37 bits per heavy atom. The van der Waals surface area contributed by atoms with Crippen LogP contribution >= 0.6 is 23.1 Å². The van der Waals surface area contributed by atoms with E-state index in [2.05, 4.69) is 4.98 Å². The second kappa shape index (κ2) is 8.01. The zero-order chi connectivity index (χ0) is 19.6.